The Morgan fingerprint density at radius 2 is 1.90 bits per heavy atom. The second kappa shape index (κ2) is 8.55. The van der Waals surface area contributed by atoms with Crippen molar-refractivity contribution in [3.63, 3.8) is 0 Å². The Morgan fingerprint density at radius 1 is 1.25 bits per heavy atom. The highest BCUT2D eigenvalue weighted by atomic mass is 35.5. The molecule has 0 fully saturated rings. The highest BCUT2D eigenvalue weighted by Gasteiger charge is 2.12. The van der Waals surface area contributed by atoms with Gasteiger partial charge in [-0.2, -0.15) is 0 Å². The molecule has 20 heavy (non-hydrogen) atoms. The van der Waals surface area contributed by atoms with Crippen LogP contribution >= 0.6 is 11.6 Å². The van der Waals surface area contributed by atoms with Gasteiger partial charge in [0.2, 0.25) is 5.91 Å². The summed E-state index contributed by atoms with van der Waals surface area (Å²) in [5.41, 5.74) is 0.947. The molecule has 2 N–H and O–H groups in total. The summed E-state index contributed by atoms with van der Waals surface area (Å²) < 4.78 is 0. The van der Waals surface area contributed by atoms with Crippen LogP contribution in [0.5, 0.6) is 0 Å². The normalized spacial score (nSPS) is 10.6. The van der Waals surface area contributed by atoms with Gasteiger partial charge in [0.25, 0.3) is 0 Å². The molecule has 0 radical (unpaired) electrons. The highest BCUT2D eigenvalue weighted by molar-refractivity contribution is 6.30. The van der Waals surface area contributed by atoms with Crippen LogP contribution < -0.4 is 5.32 Å². The molecule has 0 aliphatic rings. The van der Waals surface area contributed by atoms with Crippen molar-refractivity contribution in [2.75, 3.05) is 19.6 Å². The van der Waals surface area contributed by atoms with Crippen molar-refractivity contribution < 1.29 is 14.7 Å². The van der Waals surface area contributed by atoms with Crippen molar-refractivity contribution in [3.8, 4) is 0 Å². The summed E-state index contributed by atoms with van der Waals surface area (Å²) in [5, 5.41) is 12.2. The fourth-order valence-corrected chi connectivity index (χ4v) is 1.91. The minimum absolute atomic E-state index is 0.0910. The van der Waals surface area contributed by atoms with E-state index in [2.05, 4.69) is 5.32 Å². The van der Waals surface area contributed by atoms with Crippen molar-refractivity contribution in [1.82, 2.24) is 10.2 Å². The molecule has 1 aromatic carbocycles. The molecular weight excluding hydrogens is 280 g/mol. The van der Waals surface area contributed by atoms with Gasteiger partial charge in [-0.15, -0.1) is 0 Å². The number of benzene rings is 1. The summed E-state index contributed by atoms with van der Waals surface area (Å²) >= 11 is 5.78. The summed E-state index contributed by atoms with van der Waals surface area (Å²) in [6.45, 7) is 2.90. The smallest absolute Gasteiger partial charge is 0.317 e. The minimum Gasteiger partial charge on any atom is -0.480 e. The number of nitrogens with zero attached hydrogens (tertiary/aromatic N) is 1. The van der Waals surface area contributed by atoms with E-state index in [1.165, 1.54) is 0 Å². The molecule has 0 aromatic heterocycles. The monoisotopic (exact) mass is 298 g/mol. The molecule has 0 heterocycles. The maximum atomic E-state index is 11.8. The summed E-state index contributed by atoms with van der Waals surface area (Å²) in [5.74, 6) is -1.11. The lowest BCUT2D eigenvalue weighted by atomic mass is 10.2. The number of amides is 1. The second-order valence-corrected chi connectivity index (χ2v) is 4.94. The second-order valence-electron chi connectivity index (χ2n) is 4.51. The van der Waals surface area contributed by atoms with Gasteiger partial charge < -0.3 is 10.4 Å². The fraction of sp³-hybridized carbons (Fsp3) is 0.429. The maximum Gasteiger partial charge on any atom is 0.317 e. The Hall–Kier alpha value is -1.59. The Morgan fingerprint density at radius 3 is 2.45 bits per heavy atom. The molecule has 1 amide bonds. The molecule has 5 nitrogen and oxygen atoms in total. The zero-order chi connectivity index (χ0) is 15.0. The third-order valence-corrected chi connectivity index (χ3v) is 2.92. The van der Waals surface area contributed by atoms with Crippen LogP contribution in [0.15, 0.2) is 24.3 Å². The molecule has 110 valence electrons. The molecule has 0 bridgehead atoms. The van der Waals surface area contributed by atoms with Gasteiger partial charge in [-0.1, -0.05) is 30.7 Å². The number of carboxylic acids is 1. The van der Waals surface area contributed by atoms with Gasteiger partial charge in [-0.3, -0.25) is 14.5 Å². The van der Waals surface area contributed by atoms with E-state index >= 15 is 0 Å². The quantitative estimate of drug-likeness (QED) is 0.767. The van der Waals surface area contributed by atoms with E-state index in [4.69, 9.17) is 16.7 Å². The van der Waals surface area contributed by atoms with Crippen LogP contribution in [-0.4, -0.2) is 41.5 Å². The minimum atomic E-state index is -0.927. The molecule has 0 atom stereocenters. The van der Waals surface area contributed by atoms with Gasteiger partial charge in [0.15, 0.2) is 0 Å². The van der Waals surface area contributed by atoms with Gasteiger partial charge in [0.1, 0.15) is 0 Å². The zero-order valence-corrected chi connectivity index (χ0v) is 12.2. The van der Waals surface area contributed by atoms with Gasteiger partial charge in [-0.05, 0) is 30.7 Å². The Kier molecular flexibility index (Phi) is 7.04. The van der Waals surface area contributed by atoms with Gasteiger partial charge in [-0.25, -0.2) is 0 Å². The standard InChI is InChI=1S/C14H19ClN2O3/c1-2-7-17(10-14(19)20)9-13(18)16-8-11-3-5-12(15)6-4-11/h3-6H,2,7-10H2,1H3,(H,16,18)(H,19,20). The van der Waals surface area contributed by atoms with Crippen molar-refractivity contribution >= 4 is 23.5 Å². The van der Waals surface area contributed by atoms with Crippen LogP contribution in [0.3, 0.4) is 0 Å². The molecule has 1 aromatic rings. The summed E-state index contributed by atoms with van der Waals surface area (Å²) in [6.07, 6.45) is 0.803. The number of nitrogens with one attached hydrogen (secondary N) is 1. The lowest BCUT2D eigenvalue weighted by molar-refractivity contribution is -0.138. The third kappa shape index (κ3) is 6.54. The summed E-state index contributed by atoms with van der Waals surface area (Å²) in [6, 6.07) is 7.20. The Balaban J connectivity index is 2.41. The first-order valence-electron chi connectivity index (χ1n) is 6.46. The van der Waals surface area contributed by atoms with E-state index in [1.807, 2.05) is 19.1 Å². The molecular formula is C14H19ClN2O3. The predicted octanol–water partition coefficient (Wildman–Crippen LogP) is 1.75. The lowest BCUT2D eigenvalue weighted by Gasteiger charge is -2.18. The van der Waals surface area contributed by atoms with Crippen molar-refractivity contribution in [1.29, 1.82) is 0 Å². The molecule has 6 heteroatoms. The van der Waals surface area contributed by atoms with E-state index in [0.29, 0.717) is 18.1 Å². The van der Waals surface area contributed by atoms with Crippen LogP contribution in [0.2, 0.25) is 5.02 Å². The van der Waals surface area contributed by atoms with Crippen LogP contribution in [0, 0.1) is 0 Å². The zero-order valence-electron chi connectivity index (χ0n) is 11.4. The third-order valence-electron chi connectivity index (χ3n) is 2.67. The summed E-state index contributed by atoms with van der Waals surface area (Å²) in [7, 11) is 0. The number of carboxylic acid groups (broad SMARTS) is 1. The van der Waals surface area contributed by atoms with Crippen LogP contribution in [-0.2, 0) is 16.1 Å². The molecule has 0 spiro atoms. The molecule has 0 saturated carbocycles. The van der Waals surface area contributed by atoms with Crippen LogP contribution in [0.25, 0.3) is 0 Å². The predicted molar refractivity (Wildman–Crippen MR) is 77.7 cm³/mol. The topological polar surface area (TPSA) is 69.6 Å². The molecule has 0 aliphatic heterocycles. The van der Waals surface area contributed by atoms with Crippen LogP contribution in [0.4, 0.5) is 0 Å². The molecule has 0 aliphatic carbocycles. The largest absolute Gasteiger partial charge is 0.480 e. The Labute approximate surface area is 123 Å². The van der Waals surface area contributed by atoms with E-state index in [1.54, 1.807) is 17.0 Å². The van der Waals surface area contributed by atoms with Gasteiger partial charge in [0.05, 0.1) is 13.1 Å². The fourth-order valence-electron chi connectivity index (χ4n) is 1.78. The number of hydrogen-bond donors (Lipinski definition) is 2. The SMILES string of the molecule is CCCN(CC(=O)O)CC(=O)NCc1ccc(Cl)cc1. The van der Waals surface area contributed by atoms with Crippen molar-refractivity contribution in [3.05, 3.63) is 34.9 Å². The number of carbonyl (C=O) groups is 2. The molecule has 0 saturated heterocycles. The number of rotatable bonds is 8. The number of hydrogen-bond acceptors (Lipinski definition) is 3. The van der Waals surface area contributed by atoms with Gasteiger partial charge >= 0.3 is 5.97 Å². The first-order valence-corrected chi connectivity index (χ1v) is 6.84. The van der Waals surface area contributed by atoms with E-state index in [9.17, 15) is 9.59 Å². The van der Waals surface area contributed by atoms with Gasteiger partial charge in [0, 0.05) is 11.6 Å². The number of carbonyl (C=O) groups excluding carboxylic acids is 1. The first kappa shape index (κ1) is 16.5. The van der Waals surface area contributed by atoms with E-state index < -0.39 is 5.97 Å². The first-order chi connectivity index (χ1) is 9.51. The molecule has 0 unspecified atom stereocenters. The highest BCUT2D eigenvalue weighted by Crippen LogP contribution is 2.09. The van der Waals surface area contributed by atoms with E-state index in [-0.39, 0.29) is 19.0 Å². The average molecular weight is 299 g/mol. The number of halogens is 1. The van der Waals surface area contributed by atoms with Crippen molar-refractivity contribution in [2.45, 2.75) is 19.9 Å². The Bertz CT molecular complexity index is 448. The molecule has 1 rings (SSSR count). The van der Waals surface area contributed by atoms with Crippen LogP contribution in [0.1, 0.15) is 18.9 Å². The van der Waals surface area contributed by atoms with Crippen molar-refractivity contribution in [2.24, 2.45) is 0 Å². The maximum absolute atomic E-state index is 11.8. The van der Waals surface area contributed by atoms with E-state index in [0.717, 1.165) is 12.0 Å². The summed E-state index contributed by atoms with van der Waals surface area (Å²) in [4.78, 5) is 24.1. The lowest BCUT2D eigenvalue weighted by Crippen LogP contribution is -2.39. The number of aliphatic carboxylic acids is 1. The average Bonchev–Trinajstić information content (AvgIpc) is 2.37.